The van der Waals surface area contributed by atoms with Gasteiger partial charge in [0.15, 0.2) is 0 Å². The van der Waals surface area contributed by atoms with Gasteiger partial charge in [0.2, 0.25) is 0 Å². The van der Waals surface area contributed by atoms with Crippen LogP contribution in [0.4, 0.5) is 5.69 Å². The van der Waals surface area contributed by atoms with Gasteiger partial charge in [0, 0.05) is 36.3 Å². The van der Waals surface area contributed by atoms with E-state index in [0.29, 0.717) is 6.54 Å². The van der Waals surface area contributed by atoms with Crippen LogP contribution in [0, 0.1) is 5.92 Å². The van der Waals surface area contributed by atoms with Crippen molar-refractivity contribution in [2.24, 2.45) is 11.7 Å². The predicted octanol–water partition coefficient (Wildman–Crippen LogP) is 3.74. The average molecular weight is 266 g/mol. The lowest BCUT2D eigenvalue weighted by Crippen LogP contribution is -2.22. The van der Waals surface area contributed by atoms with Crippen LogP contribution in [0.2, 0.25) is 0 Å². The van der Waals surface area contributed by atoms with Crippen molar-refractivity contribution < 1.29 is 0 Å². The van der Waals surface area contributed by atoms with E-state index in [1.54, 1.807) is 0 Å². The van der Waals surface area contributed by atoms with E-state index in [9.17, 15) is 0 Å². The standard InChI is InChI=1S/C15H26N2S/c1-5-18-15-8-6-7-14(13(15)11-16)17(4)10-9-12(2)3/h6-8,12H,5,9-11,16H2,1-4H3. The molecule has 1 aromatic rings. The summed E-state index contributed by atoms with van der Waals surface area (Å²) in [5.41, 5.74) is 8.51. The maximum Gasteiger partial charge on any atom is 0.0420 e. The summed E-state index contributed by atoms with van der Waals surface area (Å²) in [4.78, 5) is 3.66. The van der Waals surface area contributed by atoms with Crippen LogP contribution in [-0.2, 0) is 6.54 Å². The van der Waals surface area contributed by atoms with Gasteiger partial charge in [0.05, 0.1) is 0 Å². The first kappa shape index (κ1) is 15.4. The fourth-order valence-electron chi connectivity index (χ4n) is 1.98. The number of hydrogen-bond donors (Lipinski definition) is 1. The highest BCUT2D eigenvalue weighted by molar-refractivity contribution is 7.99. The number of hydrogen-bond acceptors (Lipinski definition) is 3. The van der Waals surface area contributed by atoms with Crippen LogP contribution in [0.25, 0.3) is 0 Å². The molecule has 2 nitrogen and oxygen atoms in total. The van der Waals surface area contributed by atoms with Crippen LogP contribution >= 0.6 is 11.8 Å². The van der Waals surface area contributed by atoms with Gasteiger partial charge in [-0.1, -0.05) is 26.8 Å². The number of rotatable bonds is 7. The molecule has 0 heterocycles. The van der Waals surface area contributed by atoms with Gasteiger partial charge in [-0.15, -0.1) is 11.8 Å². The van der Waals surface area contributed by atoms with E-state index < -0.39 is 0 Å². The Labute approximate surface area is 116 Å². The summed E-state index contributed by atoms with van der Waals surface area (Å²) in [6.45, 7) is 8.41. The Morgan fingerprint density at radius 1 is 1.33 bits per heavy atom. The minimum absolute atomic E-state index is 0.616. The summed E-state index contributed by atoms with van der Waals surface area (Å²) in [5, 5.41) is 0. The van der Waals surface area contributed by atoms with Crippen molar-refractivity contribution in [2.75, 3.05) is 24.2 Å². The fraction of sp³-hybridized carbons (Fsp3) is 0.600. The van der Waals surface area contributed by atoms with Crippen molar-refractivity contribution in [3.05, 3.63) is 23.8 Å². The Bertz CT molecular complexity index is 364. The van der Waals surface area contributed by atoms with Crippen molar-refractivity contribution in [1.29, 1.82) is 0 Å². The Morgan fingerprint density at radius 3 is 2.61 bits per heavy atom. The molecule has 18 heavy (non-hydrogen) atoms. The van der Waals surface area contributed by atoms with E-state index in [2.05, 4.69) is 50.9 Å². The second-order valence-electron chi connectivity index (χ2n) is 5.00. The number of benzene rings is 1. The van der Waals surface area contributed by atoms with E-state index in [1.807, 2.05) is 11.8 Å². The third-order valence-corrected chi connectivity index (χ3v) is 4.05. The summed E-state index contributed by atoms with van der Waals surface area (Å²) in [6.07, 6.45) is 1.21. The first-order valence-electron chi connectivity index (χ1n) is 6.76. The van der Waals surface area contributed by atoms with Crippen LogP contribution in [0.1, 0.15) is 32.8 Å². The molecule has 0 aliphatic rings. The molecular formula is C15H26N2S. The zero-order valence-corrected chi connectivity index (χ0v) is 12.9. The number of anilines is 1. The molecule has 0 saturated carbocycles. The molecule has 0 bridgehead atoms. The highest BCUT2D eigenvalue weighted by Crippen LogP contribution is 2.30. The van der Waals surface area contributed by atoms with Crippen LogP contribution in [0.15, 0.2) is 23.1 Å². The van der Waals surface area contributed by atoms with Crippen molar-refractivity contribution in [3.63, 3.8) is 0 Å². The summed E-state index contributed by atoms with van der Waals surface area (Å²) in [6, 6.07) is 6.50. The van der Waals surface area contributed by atoms with Gasteiger partial charge in [0.25, 0.3) is 0 Å². The molecule has 0 saturated heterocycles. The lowest BCUT2D eigenvalue weighted by Gasteiger charge is -2.24. The molecule has 3 heteroatoms. The zero-order valence-electron chi connectivity index (χ0n) is 12.1. The minimum Gasteiger partial charge on any atom is -0.374 e. The smallest absolute Gasteiger partial charge is 0.0420 e. The first-order valence-corrected chi connectivity index (χ1v) is 7.74. The molecule has 0 unspecified atom stereocenters. The quantitative estimate of drug-likeness (QED) is 0.762. The largest absolute Gasteiger partial charge is 0.374 e. The molecule has 0 amide bonds. The molecule has 0 aliphatic carbocycles. The minimum atomic E-state index is 0.616. The topological polar surface area (TPSA) is 29.3 Å². The third-order valence-electron chi connectivity index (χ3n) is 3.07. The van der Waals surface area contributed by atoms with Crippen LogP contribution in [0.5, 0.6) is 0 Å². The Balaban J connectivity index is 2.89. The van der Waals surface area contributed by atoms with Gasteiger partial charge in [-0.05, 0) is 30.2 Å². The van der Waals surface area contributed by atoms with Gasteiger partial charge >= 0.3 is 0 Å². The average Bonchev–Trinajstić information content (AvgIpc) is 2.36. The van der Waals surface area contributed by atoms with Crippen molar-refractivity contribution >= 4 is 17.4 Å². The molecule has 0 fully saturated rings. The summed E-state index contributed by atoms with van der Waals surface area (Å²) in [5.74, 6) is 1.83. The zero-order chi connectivity index (χ0) is 13.5. The van der Waals surface area contributed by atoms with Crippen LogP contribution < -0.4 is 10.6 Å². The molecule has 0 aliphatic heterocycles. The second-order valence-corrected chi connectivity index (χ2v) is 6.30. The number of thioether (sulfide) groups is 1. The van der Waals surface area contributed by atoms with Crippen molar-refractivity contribution in [2.45, 2.75) is 38.6 Å². The predicted molar refractivity (Wildman–Crippen MR) is 83.5 cm³/mol. The lowest BCUT2D eigenvalue weighted by molar-refractivity contribution is 0.584. The van der Waals surface area contributed by atoms with Crippen molar-refractivity contribution in [1.82, 2.24) is 0 Å². The van der Waals surface area contributed by atoms with Crippen molar-refractivity contribution in [3.8, 4) is 0 Å². The van der Waals surface area contributed by atoms with Gasteiger partial charge in [-0.25, -0.2) is 0 Å². The molecule has 1 aromatic carbocycles. The van der Waals surface area contributed by atoms with E-state index in [0.717, 1.165) is 18.2 Å². The van der Waals surface area contributed by atoms with E-state index >= 15 is 0 Å². The van der Waals surface area contributed by atoms with Crippen LogP contribution in [-0.4, -0.2) is 19.3 Å². The van der Waals surface area contributed by atoms with Gasteiger partial charge in [-0.3, -0.25) is 0 Å². The van der Waals surface area contributed by atoms with Gasteiger partial charge < -0.3 is 10.6 Å². The molecule has 0 atom stereocenters. The third kappa shape index (κ3) is 4.21. The highest BCUT2D eigenvalue weighted by atomic mass is 32.2. The maximum absolute atomic E-state index is 5.94. The molecule has 0 aromatic heterocycles. The SMILES string of the molecule is CCSc1cccc(N(C)CCC(C)C)c1CN. The first-order chi connectivity index (χ1) is 8.60. The molecule has 1 rings (SSSR count). The van der Waals surface area contributed by atoms with E-state index in [4.69, 9.17) is 5.73 Å². The fourth-order valence-corrected chi connectivity index (χ4v) is 2.83. The molecule has 0 radical (unpaired) electrons. The summed E-state index contributed by atoms with van der Waals surface area (Å²) >= 11 is 1.88. The maximum atomic E-state index is 5.94. The number of nitrogens with two attached hydrogens (primary N) is 1. The monoisotopic (exact) mass is 266 g/mol. The summed E-state index contributed by atoms with van der Waals surface area (Å²) < 4.78 is 0. The normalized spacial score (nSPS) is 11.0. The molecule has 2 N–H and O–H groups in total. The molecular weight excluding hydrogens is 240 g/mol. The Kier molecular flexibility index (Phi) is 6.58. The van der Waals surface area contributed by atoms with Gasteiger partial charge in [-0.2, -0.15) is 0 Å². The van der Waals surface area contributed by atoms with Gasteiger partial charge in [0.1, 0.15) is 0 Å². The second kappa shape index (κ2) is 7.70. The van der Waals surface area contributed by atoms with Crippen LogP contribution in [0.3, 0.4) is 0 Å². The lowest BCUT2D eigenvalue weighted by atomic mass is 10.1. The summed E-state index contributed by atoms with van der Waals surface area (Å²) in [7, 11) is 2.16. The van der Waals surface area contributed by atoms with E-state index in [1.165, 1.54) is 22.6 Å². The highest BCUT2D eigenvalue weighted by Gasteiger charge is 2.10. The Hall–Kier alpha value is -0.670. The van der Waals surface area contributed by atoms with E-state index in [-0.39, 0.29) is 0 Å². The molecule has 0 spiro atoms. The number of nitrogens with zero attached hydrogens (tertiary/aromatic N) is 1. The molecule has 102 valence electrons. The Morgan fingerprint density at radius 2 is 2.06 bits per heavy atom.